The number of allylic oxidation sites excluding steroid dienone is 1. The minimum absolute atomic E-state index is 0.189. The zero-order chi connectivity index (χ0) is 25.1. The van der Waals surface area contributed by atoms with Crippen molar-refractivity contribution in [1.82, 2.24) is 0 Å². The number of furan rings is 1. The van der Waals surface area contributed by atoms with Crippen molar-refractivity contribution in [2.75, 3.05) is 19.0 Å². The van der Waals surface area contributed by atoms with Gasteiger partial charge in [-0.2, -0.15) is 0 Å². The highest BCUT2D eigenvalue weighted by atomic mass is 16.5. The maximum atomic E-state index is 12.9. The van der Waals surface area contributed by atoms with E-state index in [1.807, 2.05) is 83.1 Å². The summed E-state index contributed by atoms with van der Waals surface area (Å²) in [6.45, 7) is 10.4. The van der Waals surface area contributed by atoms with Gasteiger partial charge in [-0.25, -0.2) is 0 Å². The van der Waals surface area contributed by atoms with E-state index in [2.05, 4.69) is 5.32 Å². The van der Waals surface area contributed by atoms with E-state index >= 15 is 0 Å². The van der Waals surface area contributed by atoms with Gasteiger partial charge in [0.15, 0.2) is 0 Å². The van der Waals surface area contributed by atoms with Gasteiger partial charge in [-0.05, 0) is 87.2 Å². The molecule has 0 radical (unpaired) electrons. The van der Waals surface area contributed by atoms with Crippen molar-refractivity contribution in [3.8, 4) is 22.6 Å². The lowest BCUT2D eigenvalue weighted by atomic mass is 9.96. The van der Waals surface area contributed by atoms with E-state index < -0.39 is 0 Å². The molecule has 5 nitrogen and oxygen atoms in total. The van der Waals surface area contributed by atoms with Crippen molar-refractivity contribution in [3.63, 3.8) is 0 Å². The molecule has 0 aliphatic carbocycles. The second-order valence-electron chi connectivity index (χ2n) is 8.68. The van der Waals surface area contributed by atoms with Crippen LogP contribution in [0.3, 0.4) is 0 Å². The van der Waals surface area contributed by atoms with Crippen molar-refractivity contribution in [1.29, 1.82) is 0 Å². The predicted octanol–water partition coefficient (Wildman–Crippen LogP) is 7.47. The van der Waals surface area contributed by atoms with Crippen LogP contribution in [0, 0.1) is 20.8 Å². The first kappa shape index (κ1) is 24.1. The lowest BCUT2D eigenvalue weighted by molar-refractivity contribution is -0.111. The zero-order valence-electron chi connectivity index (χ0n) is 21.1. The molecular weight excluding hydrogens is 438 g/mol. The van der Waals surface area contributed by atoms with E-state index in [0.717, 1.165) is 61.5 Å². The van der Waals surface area contributed by atoms with Gasteiger partial charge in [-0.15, -0.1) is 0 Å². The monoisotopic (exact) mass is 469 g/mol. The third-order valence-electron chi connectivity index (χ3n) is 6.26. The highest BCUT2D eigenvalue weighted by molar-refractivity contribution is 6.06. The van der Waals surface area contributed by atoms with Crippen LogP contribution in [-0.4, -0.2) is 19.6 Å². The fourth-order valence-electron chi connectivity index (χ4n) is 4.23. The summed E-state index contributed by atoms with van der Waals surface area (Å²) >= 11 is 0. The van der Waals surface area contributed by atoms with Crippen molar-refractivity contribution < 1.29 is 18.7 Å². The number of rotatable bonds is 7. The molecule has 0 fully saturated rings. The molecule has 1 amide bonds. The number of fused-ring (bicyclic) bond motifs is 1. The molecule has 35 heavy (non-hydrogen) atoms. The zero-order valence-corrected chi connectivity index (χ0v) is 21.1. The molecule has 0 aliphatic heterocycles. The molecule has 3 aromatic carbocycles. The number of hydrogen-bond acceptors (Lipinski definition) is 4. The number of nitrogens with one attached hydrogen (secondary N) is 1. The van der Waals surface area contributed by atoms with Crippen molar-refractivity contribution in [2.45, 2.75) is 34.6 Å². The summed E-state index contributed by atoms with van der Waals surface area (Å²) in [7, 11) is 1.65. The van der Waals surface area contributed by atoms with E-state index in [9.17, 15) is 4.79 Å². The normalized spacial score (nSPS) is 11.5. The van der Waals surface area contributed by atoms with Gasteiger partial charge < -0.3 is 19.2 Å². The van der Waals surface area contributed by atoms with Crippen LogP contribution in [0.5, 0.6) is 11.5 Å². The number of amides is 1. The van der Waals surface area contributed by atoms with Gasteiger partial charge in [0.2, 0.25) is 5.91 Å². The van der Waals surface area contributed by atoms with E-state index in [0.29, 0.717) is 6.61 Å². The first-order valence-corrected chi connectivity index (χ1v) is 11.7. The Morgan fingerprint density at radius 2 is 1.86 bits per heavy atom. The number of methoxy groups -OCH3 is 1. The Morgan fingerprint density at radius 1 is 1.06 bits per heavy atom. The topological polar surface area (TPSA) is 60.7 Å². The fraction of sp³-hybridized carbons (Fsp3) is 0.233. The second-order valence-corrected chi connectivity index (χ2v) is 8.68. The molecule has 0 aliphatic rings. The standard InChI is InChI=1S/C30H31NO4/c1-7-34-29-21(5)30-26(27(17-35-30)22-9-8-10-24(15-22)33-6)16-25(29)20(4)14-28(32)31-23-12-11-18(2)19(3)13-23/h8-17H,7H2,1-6H3,(H,31,32)/b20-14+. The molecule has 0 saturated carbocycles. The Bertz CT molecular complexity index is 1430. The summed E-state index contributed by atoms with van der Waals surface area (Å²) in [6, 6.07) is 15.8. The van der Waals surface area contributed by atoms with Crippen LogP contribution in [-0.2, 0) is 4.79 Å². The van der Waals surface area contributed by atoms with Gasteiger partial charge in [-0.1, -0.05) is 18.2 Å². The smallest absolute Gasteiger partial charge is 0.248 e. The molecule has 5 heteroatoms. The molecule has 0 unspecified atom stereocenters. The number of aryl methyl sites for hydroxylation is 3. The fourth-order valence-corrected chi connectivity index (χ4v) is 4.23. The minimum atomic E-state index is -0.189. The molecule has 0 saturated heterocycles. The number of carbonyl (C=O) groups is 1. The van der Waals surface area contributed by atoms with E-state index in [1.165, 1.54) is 5.56 Å². The average molecular weight is 470 g/mol. The number of anilines is 1. The quantitative estimate of drug-likeness (QED) is 0.285. The van der Waals surface area contributed by atoms with Gasteiger partial charge in [0.05, 0.1) is 20.0 Å². The van der Waals surface area contributed by atoms with Crippen LogP contribution in [0.2, 0.25) is 0 Å². The maximum Gasteiger partial charge on any atom is 0.248 e. The molecule has 1 aromatic heterocycles. The number of ether oxygens (including phenoxy) is 2. The van der Waals surface area contributed by atoms with Crippen molar-refractivity contribution >= 4 is 28.1 Å². The van der Waals surface area contributed by atoms with Crippen molar-refractivity contribution in [2.24, 2.45) is 0 Å². The molecule has 4 rings (SSSR count). The number of carbonyl (C=O) groups excluding carboxylic acids is 1. The summed E-state index contributed by atoms with van der Waals surface area (Å²) in [5.41, 5.74) is 8.37. The number of benzene rings is 3. The lowest BCUT2D eigenvalue weighted by Crippen LogP contribution is -2.09. The van der Waals surface area contributed by atoms with Crippen LogP contribution in [0.15, 0.2) is 65.3 Å². The van der Waals surface area contributed by atoms with Crippen molar-refractivity contribution in [3.05, 3.63) is 83.1 Å². The molecule has 180 valence electrons. The second kappa shape index (κ2) is 10.1. The van der Waals surface area contributed by atoms with Gasteiger partial charge in [0, 0.05) is 33.8 Å². The van der Waals surface area contributed by atoms with Crippen LogP contribution in [0.1, 0.15) is 36.1 Å². The Labute approximate surface area is 206 Å². The first-order chi connectivity index (χ1) is 16.8. The lowest BCUT2D eigenvalue weighted by Gasteiger charge is -2.15. The molecule has 0 atom stereocenters. The molecule has 0 spiro atoms. The Hall–Kier alpha value is -3.99. The highest BCUT2D eigenvalue weighted by Crippen LogP contribution is 2.41. The maximum absolute atomic E-state index is 12.9. The molecule has 0 bridgehead atoms. The molecule has 1 heterocycles. The van der Waals surface area contributed by atoms with Gasteiger partial charge in [-0.3, -0.25) is 4.79 Å². The summed E-state index contributed by atoms with van der Waals surface area (Å²) in [5.74, 6) is 1.31. The van der Waals surface area contributed by atoms with Crippen LogP contribution >= 0.6 is 0 Å². The average Bonchev–Trinajstić information content (AvgIpc) is 3.27. The van der Waals surface area contributed by atoms with Crippen LogP contribution < -0.4 is 14.8 Å². The number of hydrogen-bond donors (Lipinski definition) is 1. The van der Waals surface area contributed by atoms with Crippen LogP contribution in [0.25, 0.3) is 27.7 Å². The van der Waals surface area contributed by atoms with Gasteiger partial charge in [0.1, 0.15) is 17.1 Å². The highest BCUT2D eigenvalue weighted by Gasteiger charge is 2.19. The third-order valence-corrected chi connectivity index (χ3v) is 6.26. The summed E-state index contributed by atoms with van der Waals surface area (Å²) in [5, 5.41) is 3.93. The Balaban J connectivity index is 1.77. The summed E-state index contributed by atoms with van der Waals surface area (Å²) in [6.07, 6.45) is 3.38. The predicted molar refractivity (Wildman–Crippen MR) is 142 cm³/mol. The van der Waals surface area contributed by atoms with E-state index in [-0.39, 0.29) is 5.91 Å². The molecule has 1 N–H and O–H groups in total. The summed E-state index contributed by atoms with van der Waals surface area (Å²) in [4.78, 5) is 12.9. The largest absolute Gasteiger partial charge is 0.497 e. The third kappa shape index (κ3) is 4.94. The molecular formula is C30H31NO4. The summed E-state index contributed by atoms with van der Waals surface area (Å²) < 4.78 is 17.4. The Morgan fingerprint density at radius 3 is 2.57 bits per heavy atom. The van der Waals surface area contributed by atoms with E-state index in [4.69, 9.17) is 13.9 Å². The minimum Gasteiger partial charge on any atom is -0.497 e. The van der Waals surface area contributed by atoms with Gasteiger partial charge >= 0.3 is 0 Å². The first-order valence-electron chi connectivity index (χ1n) is 11.7. The van der Waals surface area contributed by atoms with E-state index in [1.54, 1.807) is 19.4 Å². The van der Waals surface area contributed by atoms with Crippen LogP contribution in [0.4, 0.5) is 5.69 Å². The Kier molecular flexibility index (Phi) is 6.97. The van der Waals surface area contributed by atoms with Gasteiger partial charge in [0.25, 0.3) is 0 Å². The SMILES string of the molecule is CCOc1c(/C(C)=C/C(=O)Nc2ccc(C)c(C)c2)cc2c(-c3cccc(OC)c3)coc2c1C. The molecule has 4 aromatic rings.